The molecule has 1 saturated heterocycles. The number of carbonyl (C=O) groups is 1. The van der Waals surface area contributed by atoms with Crippen LogP contribution in [0.4, 0.5) is 5.69 Å². The standard InChI is InChI=1S/C18H23N3O4S/c1-12-17(10-18(22)19-14-4-6-16(25-3)7-5-14)13(2)21(20-12)15-8-9-26(23,24)11-15/h4-7,15H,8-11H2,1-3H3,(H,19,22). The van der Waals surface area contributed by atoms with E-state index >= 15 is 0 Å². The monoisotopic (exact) mass is 377 g/mol. The zero-order valence-electron chi connectivity index (χ0n) is 15.2. The molecule has 0 bridgehead atoms. The minimum Gasteiger partial charge on any atom is -0.497 e. The minimum absolute atomic E-state index is 0.118. The second-order valence-electron chi connectivity index (χ2n) is 6.60. The van der Waals surface area contributed by atoms with E-state index in [4.69, 9.17) is 4.74 Å². The maximum Gasteiger partial charge on any atom is 0.228 e. The summed E-state index contributed by atoms with van der Waals surface area (Å²) in [5, 5.41) is 7.36. The Bertz CT molecular complexity index is 917. The Labute approximate surface area is 153 Å². The Hall–Kier alpha value is -2.35. The number of anilines is 1. The third kappa shape index (κ3) is 3.90. The number of aryl methyl sites for hydroxylation is 1. The van der Waals surface area contributed by atoms with Gasteiger partial charge in [0.2, 0.25) is 5.91 Å². The highest BCUT2D eigenvalue weighted by atomic mass is 32.2. The predicted molar refractivity (Wildman–Crippen MR) is 99.3 cm³/mol. The zero-order valence-corrected chi connectivity index (χ0v) is 16.0. The Morgan fingerprint density at radius 3 is 2.58 bits per heavy atom. The first-order valence-electron chi connectivity index (χ1n) is 8.48. The number of sulfone groups is 1. The van der Waals surface area contributed by atoms with E-state index in [0.29, 0.717) is 12.1 Å². The Morgan fingerprint density at radius 1 is 1.31 bits per heavy atom. The van der Waals surface area contributed by atoms with Gasteiger partial charge in [-0.25, -0.2) is 8.42 Å². The molecular formula is C18H23N3O4S. The average molecular weight is 377 g/mol. The van der Waals surface area contributed by atoms with Crippen LogP contribution in [0.5, 0.6) is 5.75 Å². The van der Waals surface area contributed by atoms with Gasteiger partial charge in [0.05, 0.1) is 36.8 Å². The third-order valence-electron chi connectivity index (χ3n) is 4.74. The van der Waals surface area contributed by atoms with Crippen LogP contribution in [-0.2, 0) is 21.1 Å². The van der Waals surface area contributed by atoms with Gasteiger partial charge < -0.3 is 10.1 Å². The van der Waals surface area contributed by atoms with Crippen molar-refractivity contribution in [2.24, 2.45) is 0 Å². The van der Waals surface area contributed by atoms with Crippen LogP contribution in [-0.4, -0.2) is 42.7 Å². The summed E-state index contributed by atoms with van der Waals surface area (Å²) in [6.07, 6.45) is 0.769. The van der Waals surface area contributed by atoms with Crippen LogP contribution in [0.15, 0.2) is 24.3 Å². The molecule has 26 heavy (non-hydrogen) atoms. The van der Waals surface area contributed by atoms with Gasteiger partial charge in [0, 0.05) is 16.9 Å². The van der Waals surface area contributed by atoms with Gasteiger partial charge in [-0.2, -0.15) is 5.10 Å². The topological polar surface area (TPSA) is 90.3 Å². The van der Waals surface area contributed by atoms with Gasteiger partial charge in [-0.1, -0.05) is 0 Å². The number of benzene rings is 1. The van der Waals surface area contributed by atoms with Crippen molar-refractivity contribution >= 4 is 21.4 Å². The lowest BCUT2D eigenvalue weighted by Crippen LogP contribution is -2.16. The van der Waals surface area contributed by atoms with Crippen LogP contribution < -0.4 is 10.1 Å². The van der Waals surface area contributed by atoms with Gasteiger partial charge in [0.25, 0.3) is 0 Å². The van der Waals surface area contributed by atoms with Crippen LogP contribution in [0.3, 0.4) is 0 Å². The van der Waals surface area contributed by atoms with Crippen LogP contribution in [0.1, 0.15) is 29.4 Å². The number of methoxy groups -OCH3 is 1. The molecule has 1 unspecified atom stereocenters. The largest absolute Gasteiger partial charge is 0.497 e. The number of rotatable bonds is 5. The van der Waals surface area contributed by atoms with Crippen molar-refractivity contribution in [2.45, 2.75) is 32.7 Å². The van der Waals surface area contributed by atoms with E-state index in [9.17, 15) is 13.2 Å². The number of hydrogen-bond donors (Lipinski definition) is 1. The summed E-state index contributed by atoms with van der Waals surface area (Å²) in [6, 6.07) is 6.99. The fourth-order valence-corrected chi connectivity index (χ4v) is 5.01. The van der Waals surface area contributed by atoms with E-state index in [-0.39, 0.29) is 29.9 Å². The highest BCUT2D eigenvalue weighted by molar-refractivity contribution is 7.91. The molecule has 1 fully saturated rings. The molecule has 1 atom stereocenters. The second kappa shape index (κ2) is 7.11. The van der Waals surface area contributed by atoms with E-state index in [1.54, 1.807) is 36.1 Å². The molecule has 1 aromatic heterocycles. The smallest absolute Gasteiger partial charge is 0.228 e. The van der Waals surface area contributed by atoms with E-state index in [1.165, 1.54) is 0 Å². The SMILES string of the molecule is COc1ccc(NC(=O)Cc2c(C)nn(C3CCS(=O)(=O)C3)c2C)cc1. The molecule has 3 rings (SSSR count). The highest BCUT2D eigenvalue weighted by Crippen LogP contribution is 2.27. The lowest BCUT2D eigenvalue weighted by molar-refractivity contribution is -0.115. The van der Waals surface area contributed by atoms with Crippen molar-refractivity contribution in [2.75, 3.05) is 23.9 Å². The Morgan fingerprint density at radius 2 is 2.00 bits per heavy atom. The number of amides is 1. The number of nitrogens with one attached hydrogen (secondary N) is 1. The quantitative estimate of drug-likeness (QED) is 0.861. The fourth-order valence-electron chi connectivity index (χ4n) is 3.32. The second-order valence-corrected chi connectivity index (χ2v) is 8.83. The Balaban J connectivity index is 1.72. The summed E-state index contributed by atoms with van der Waals surface area (Å²) in [7, 11) is -1.39. The molecule has 8 heteroatoms. The first-order chi connectivity index (χ1) is 12.3. The Kier molecular flexibility index (Phi) is 5.04. The highest BCUT2D eigenvalue weighted by Gasteiger charge is 2.31. The number of ether oxygens (including phenoxy) is 1. The van der Waals surface area contributed by atoms with Crippen molar-refractivity contribution in [3.8, 4) is 5.75 Å². The van der Waals surface area contributed by atoms with Crippen LogP contribution >= 0.6 is 0 Å². The average Bonchev–Trinajstić information content (AvgIpc) is 3.09. The van der Waals surface area contributed by atoms with Gasteiger partial charge in [0.1, 0.15) is 5.75 Å². The molecule has 0 spiro atoms. The van der Waals surface area contributed by atoms with Crippen molar-refractivity contribution in [1.29, 1.82) is 0 Å². The molecule has 1 N–H and O–H groups in total. The summed E-state index contributed by atoms with van der Waals surface area (Å²) < 4.78 is 30.3. The maximum atomic E-state index is 12.4. The summed E-state index contributed by atoms with van der Waals surface area (Å²) >= 11 is 0. The number of hydrogen-bond acceptors (Lipinski definition) is 5. The third-order valence-corrected chi connectivity index (χ3v) is 6.49. The molecule has 0 aliphatic carbocycles. The predicted octanol–water partition coefficient (Wildman–Crippen LogP) is 2.05. The van der Waals surface area contributed by atoms with Gasteiger partial charge in [-0.15, -0.1) is 0 Å². The minimum atomic E-state index is -2.98. The van der Waals surface area contributed by atoms with Crippen molar-refractivity contribution in [3.05, 3.63) is 41.2 Å². The number of nitrogens with zero attached hydrogens (tertiary/aromatic N) is 2. The van der Waals surface area contributed by atoms with Gasteiger partial charge in [0.15, 0.2) is 9.84 Å². The van der Waals surface area contributed by atoms with Crippen LogP contribution in [0.25, 0.3) is 0 Å². The van der Waals surface area contributed by atoms with Gasteiger partial charge in [-0.3, -0.25) is 9.48 Å². The van der Waals surface area contributed by atoms with Gasteiger partial charge >= 0.3 is 0 Å². The molecule has 0 radical (unpaired) electrons. The molecule has 1 amide bonds. The summed E-state index contributed by atoms with van der Waals surface area (Å²) in [6.45, 7) is 3.74. The lowest BCUT2D eigenvalue weighted by atomic mass is 10.1. The van der Waals surface area contributed by atoms with E-state index < -0.39 is 9.84 Å². The summed E-state index contributed by atoms with van der Waals surface area (Å²) in [4.78, 5) is 12.4. The zero-order chi connectivity index (χ0) is 18.9. The molecule has 7 nitrogen and oxygen atoms in total. The fraction of sp³-hybridized carbons (Fsp3) is 0.444. The first kappa shape index (κ1) is 18.4. The van der Waals surface area contributed by atoms with E-state index in [2.05, 4.69) is 10.4 Å². The molecule has 2 heterocycles. The number of aromatic nitrogens is 2. The first-order valence-corrected chi connectivity index (χ1v) is 10.3. The maximum absolute atomic E-state index is 12.4. The molecule has 0 saturated carbocycles. The summed E-state index contributed by atoms with van der Waals surface area (Å²) in [5.41, 5.74) is 3.16. The number of carbonyl (C=O) groups excluding carboxylic acids is 1. The van der Waals surface area contributed by atoms with Crippen LogP contribution in [0.2, 0.25) is 0 Å². The molecule has 2 aromatic rings. The molecule has 1 aromatic carbocycles. The van der Waals surface area contributed by atoms with Gasteiger partial charge in [-0.05, 0) is 44.5 Å². The molecular weight excluding hydrogens is 354 g/mol. The normalized spacial score (nSPS) is 18.7. The van der Waals surface area contributed by atoms with Crippen molar-refractivity contribution in [1.82, 2.24) is 9.78 Å². The van der Waals surface area contributed by atoms with Crippen LogP contribution in [0, 0.1) is 13.8 Å². The molecule has 140 valence electrons. The summed E-state index contributed by atoms with van der Waals surface area (Å²) in [5.74, 6) is 0.901. The van der Waals surface area contributed by atoms with E-state index in [0.717, 1.165) is 22.7 Å². The van der Waals surface area contributed by atoms with E-state index in [1.807, 2.05) is 13.8 Å². The lowest BCUT2D eigenvalue weighted by Gasteiger charge is -2.11. The molecule has 1 aliphatic heterocycles. The van der Waals surface area contributed by atoms with Crippen molar-refractivity contribution < 1.29 is 17.9 Å². The van der Waals surface area contributed by atoms with Crippen molar-refractivity contribution in [3.63, 3.8) is 0 Å². The molecule has 1 aliphatic rings.